The van der Waals surface area contributed by atoms with Gasteiger partial charge in [0.2, 0.25) is 0 Å². The molecule has 0 radical (unpaired) electrons. The number of Topliss-reactive ketones (excluding diaryl/α,β-unsaturated/α-hetero) is 1. The molecule has 0 saturated heterocycles. The lowest BCUT2D eigenvalue weighted by Crippen LogP contribution is -2.01. The van der Waals surface area contributed by atoms with Gasteiger partial charge in [0, 0.05) is 49.0 Å². The first-order chi connectivity index (χ1) is 14.5. The van der Waals surface area contributed by atoms with Gasteiger partial charge < -0.3 is 4.98 Å². The Balaban J connectivity index is 1.70. The Morgan fingerprint density at radius 3 is 2.43 bits per heavy atom. The number of hydrogen-bond donors (Lipinski definition) is 1. The van der Waals surface area contributed by atoms with Crippen LogP contribution < -0.4 is 0 Å². The maximum absolute atomic E-state index is 13.3. The van der Waals surface area contributed by atoms with Crippen molar-refractivity contribution in [1.29, 1.82) is 0 Å². The van der Waals surface area contributed by atoms with Crippen LogP contribution in [0.3, 0.4) is 0 Å². The molecule has 3 aromatic carbocycles. The molecule has 0 aliphatic rings. The largest absolute Gasteiger partial charge is 0.361 e. The maximum Gasteiger partial charge on any atom is 0.199 e. The van der Waals surface area contributed by atoms with Gasteiger partial charge in [0.15, 0.2) is 5.78 Å². The predicted molar refractivity (Wildman–Crippen MR) is 130 cm³/mol. The lowest BCUT2D eigenvalue weighted by Gasteiger charge is -2.09. The zero-order valence-corrected chi connectivity index (χ0v) is 18.7. The molecule has 2 nitrogen and oxygen atoms in total. The van der Waals surface area contributed by atoms with Crippen LogP contribution in [0.15, 0.2) is 77.8 Å². The minimum atomic E-state index is -0.0629. The number of benzene rings is 3. The molecule has 0 fully saturated rings. The van der Waals surface area contributed by atoms with Crippen LogP contribution in [0.1, 0.15) is 21.5 Å². The fraction of sp³-hybridized carbons (Fsp3) is 0.0417. The van der Waals surface area contributed by atoms with Crippen molar-refractivity contribution in [2.45, 2.75) is 5.75 Å². The van der Waals surface area contributed by atoms with E-state index in [1.54, 1.807) is 36.4 Å². The van der Waals surface area contributed by atoms with Gasteiger partial charge in [-0.2, -0.15) is 0 Å². The van der Waals surface area contributed by atoms with Crippen molar-refractivity contribution in [1.82, 2.24) is 4.98 Å². The Bertz CT molecular complexity index is 1250. The molecule has 1 heterocycles. The summed E-state index contributed by atoms with van der Waals surface area (Å²) in [5, 5.41) is 2.82. The van der Waals surface area contributed by atoms with E-state index in [4.69, 9.17) is 34.8 Å². The number of aromatic amines is 1. The van der Waals surface area contributed by atoms with Crippen LogP contribution in [0, 0.1) is 0 Å². The van der Waals surface area contributed by atoms with Gasteiger partial charge in [-0.3, -0.25) is 4.79 Å². The monoisotopic (exact) mass is 471 g/mol. The number of halogens is 3. The number of thioether (sulfide) groups is 1. The van der Waals surface area contributed by atoms with E-state index in [1.165, 1.54) is 11.8 Å². The normalized spacial score (nSPS) is 11.8. The predicted octanol–water partition coefficient (Wildman–Crippen LogP) is 8.29. The number of H-pyrrole nitrogens is 1. The highest BCUT2D eigenvalue weighted by Crippen LogP contribution is 2.32. The number of rotatable bonds is 6. The van der Waals surface area contributed by atoms with E-state index in [-0.39, 0.29) is 5.78 Å². The van der Waals surface area contributed by atoms with Gasteiger partial charge in [0.05, 0.1) is 4.91 Å². The third-order valence-electron chi connectivity index (χ3n) is 4.64. The van der Waals surface area contributed by atoms with Crippen molar-refractivity contribution in [3.8, 4) is 0 Å². The SMILES string of the molecule is O=C(C(=Cc1c[nH]c2ccccc12)SCc1ccc(Cl)cc1Cl)c1ccc(Cl)cc1. The molecule has 0 spiro atoms. The molecule has 0 amide bonds. The van der Waals surface area contributed by atoms with Crippen LogP contribution in [0.25, 0.3) is 17.0 Å². The van der Waals surface area contributed by atoms with E-state index in [0.717, 1.165) is 22.0 Å². The Kier molecular flexibility index (Phi) is 6.55. The maximum atomic E-state index is 13.3. The highest BCUT2D eigenvalue weighted by molar-refractivity contribution is 8.03. The Labute approximate surface area is 193 Å². The minimum absolute atomic E-state index is 0.0629. The molecular formula is C24H16Cl3NOS. The smallest absolute Gasteiger partial charge is 0.199 e. The van der Waals surface area contributed by atoms with Crippen molar-refractivity contribution in [3.05, 3.63) is 110 Å². The Hall–Kier alpha value is -2.17. The first kappa shape index (κ1) is 21.1. The number of hydrogen-bond acceptors (Lipinski definition) is 2. The number of allylic oxidation sites excluding steroid dienone is 1. The second-order valence-corrected chi connectivity index (χ2v) is 8.96. The van der Waals surface area contributed by atoms with Crippen LogP contribution in [0.4, 0.5) is 0 Å². The third-order valence-corrected chi connectivity index (χ3v) is 6.54. The van der Waals surface area contributed by atoms with Crippen LogP contribution in [-0.4, -0.2) is 10.8 Å². The Morgan fingerprint density at radius 1 is 0.933 bits per heavy atom. The second kappa shape index (κ2) is 9.32. The van der Waals surface area contributed by atoms with Gasteiger partial charge in [-0.15, -0.1) is 11.8 Å². The average Bonchev–Trinajstić information content (AvgIpc) is 3.15. The summed E-state index contributed by atoms with van der Waals surface area (Å²) >= 11 is 19.8. The number of nitrogens with one attached hydrogen (secondary N) is 1. The zero-order chi connectivity index (χ0) is 21.1. The Morgan fingerprint density at radius 2 is 1.67 bits per heavy atom. The number of para-hydroxylation sites is 1. The van der Waals surface area contributed by atoms with Gasteiger partial charge in [0.25, 0.3) is 0 Å². The summed E-state index contributed by atoms with van der Waals surface area (Å²) in [6.45, 7) is 0. The number of ketones is 1. The van der Waals surface area contributed by atoms with E-state index in [2.05, 4.69) is 4.98 Å². The van der Waals surface area contributed by atoms with Crippen molar-refractivity contribution < 1.29 is 4.79 Å². The molecule has 0 aliphatic heterocycles. The highest BCUT2D eigenvalue weighted by Gasteiger charge is 2.15. The highest BCUT2D eigenvalue weighted by atomic mass is 35.5. The van der Waals surface area contributed by atoms with Crippen LogP contribution >= 0.6 is 46.6 Å². The molecule has 30 heavy (non-hydrogen) atoms. The van der Waals surface area contributed by atoms with Crippen molar-refractivity contribution >= 4 is 69.3 Å². The van der Waals surface area contributed by atoms with Gasteiger partial charge in [-0.1, -0.05) is 59.1 Å². The van der Waals surface area contributed by atoms with Crippen LogP contribution in [0.5, 0.6) is 0 Å². The molecule has 4 aromatic rings. The molecule has 0 unspecified atom stereocenters. The molecule has 0 saturated carbocycles. The summed E-state index contributed by atoms with van der Waals surface area (Å²) in [4.78, 5) is 17.2. The molecule has 6 heteroatoms. The molecule has 0 bridgehead atoms. The fourth-order valence-electron chi connectivity index (χ4n) is 3.07. The standard InChI is InChI=1S/C24H16Cl3NOS/c25-18-8-5-15(6-9-18)24(29)23(30-14-16-7-10-19(26)12-21(16)27)11-17-13-28-22-4-2-1-3-20(17)22/h1-13,28H,14H2. The van der Waals surface area contributed by atoms with E-state index in [0.29, 0.717) is 31.3 Å². The van der Waals surface area contributed by atoms with Gasteiger partial charge >= 0.3 is 0 Å². The molecule has 1 aromatic heterocycles. The molecule has 1 N–H and O–H groups in total. The summed E-state index contributed by atoms with van der Waals surface area (Å²) in [5.41, 5.74) is 3.48. The van der Waals surface area contributed by atoms with Crippen molar-refractivity contribution in [2.75, 3.05) is 0 Å². The lowest BCUT2D eigenvalue weighted by molar-refractivity contribution is 0.104. The lowest BCUT2D eigenvalue weighted by atomic mass is 10.1. The van der Waals surface area contributed by atoms with E-state index < -0.39 is 0 Å². The topological polar surface area (TPSA) is 32.9 Å². The summed E-state index contributed by atoms with van der Waals surface area (Å²) in [6, 6.07) is 20.3. The molecule has 0 atom stereocenters. The van der Waals surface area contributed by atoms with Crippen molar-refractivity contribution in [3.63, 3.8) is 0 Å². The van der Waals surface area contributed by atoms with Gasteiger partial charge in [0.1, 0.15) is 0 Å². The molecule has 0 aliphatic carbocycles. The van der Waals surface area contributed by atoms with Gasteiger partial charge in [-0.25, -0.2) is 0 Å². The minimum Gasteiger partial charge on any atom is -0.361 e. The summed E-state index contributed by atoms with van der Waals surface area (Å²) in [5.74, 6) is 0.482. The second-order valence-electron chi connectivity index (χ2n) is 6.66. The summed E-state index contributed by atoms with van der Waals surface area (Å²) < 4.78 is 0. The molecule has 150 valence electrons. The fourth-order valence-corrected chi connectivity index (χ4v) is 4.77. The number of fused-ring (bicyclic) bond motifs is 1. The summed E-state index contributed by atoms with van der Waals surface area (Å²) in [7, 11) is 0. The van der Waals surface area contributed by atoms with Gasteiger partial charge in [-0.05, 0) is 54.1 Å². The average molecular weight is 473 g/mol. The first-order valence-corrected chi connectivity index (χ1v) is 11.3. The number of carbonyl (C=O) groups excluding carboxylic acids is 1. The molecular weight excluding hydrogens is 457 g/mol. The first-order valence-electron chi connectivity index (χ1n) is 9.16. The van der Waals surface area contributed by atoms with Crippen molar-refractivity contribution in [2.24, 2.45) is 0 Å². The van der Waals surface area contributed by atoms with Crippen LogP contribution in [-0.2, 0) is 5.75 Å². The van der Waals surface area contributed by atoms with Crippen LogP contribution in [0.2, 0.25) is 15.1 Å². The number of carbonyl (C=O) groups is 1. The number of aromatic nitrogens is 1. The van der Waals surface area contributed by atoms with E-state index >= 15 is 0 Å². The zero-order valence-electron chi connectivity index (χ0n) is 15.7. The van der Waals surface area contributed by atoms with E-state index in [9.17, 15) is 4.79 Å². The molecule has 4 rings (SSSR count). The third kappa shape index (κ3) is 4.76. The van der Waals surface area contributed by atoms with E-state index in [1.807, 2.05) is 42.6 Å². The quantitative estimate of drug-likeness (QED) is 0.226. The summed E-state index contributed by atoms with van der Waals surface area (Å²) in [6.07, 6.45) is 3.83.